The van der Waals surface area contributed by atoms with Crippen molar-refractivity contribution in [3.63, 3.8) is 0 Å². The molecule has 1 aliphatic carbocycles. The Bertz CT molecular complexity index is 3080. The highest BCUT2D eigenvalue weighted by molar-refractivity contribution is 6.25. The van der Waals surface area contributed by atoms with Gasteiger partial charge in [-0.15, -0.1) is 10.2 Å². The van der Waals surface area contributed by atoms with Crippen LogP contribution in [0.1, 0.15) is 105 Å². The summed E-state index contributed by atoms with van der Waals surface area (Å²) in [6.07, 6.45) is 4.52. The quantitative estimate of drug-likeness (QED) is 0.0674. The maximum atomic E-state index is 14.6. The minimum atomic E-state index is -4.68. The van der Waals surface area contributed by atoms with Crippen LogP contribution < -0.4 is 16.3 Å². The van der Waals surface area contributed by atoms with E-state index in [1.165, 1.54) is 17.0 Å². The number of imide groups is 2. The summed E-state index contributed by atoms with van der Waals surface area (Å²) in [4.78, 5) is 67.5. The fourth-order valence-corrected chi connectivity index (χ4v) is 10.4. The number of hydrogen-bond acceptors (Lipinski definition) is 12. The van der Waals surface area contributed by atoms with E-state index < -0.39 is 47.1 Å². The molecule has 3 aromatic carbocycles. The number of piperidine rings is 2. The molecule has 382 valence electrons. The third-order valence-corrected chi connectivity index (χ3v) is 14.4. The van der Waals surface area contributed by atoms with Gasteiger partial charge in [-0.1, -0.05) is 48.9 Å². The van der Waals surface area contributed by atoms with Gasteiger partial charge in [0.1, 0.15) is 18.2 Å². The van der Waals surface area contributed by atoms with E-state index in [2.05, 4.69) is 25.7 Å². The number of fused-ring (bicyclic) bond motifs is 2. The van der Waals surface area contributed by atoms with E-state index in [0.717, 1.165) is 57.1 Å². The van der Waals surface area contributed by atoms with Crippen molar-refractivity contribution < 1.29 is 46.6 Å². The summed E-state index contributed by atoms with van der Waals surface area (Å²) in [6.45, 7) is 3.70. The molecule has 0 bridgehead atoms. The first-order chi connectivity index (χ1) is 35.3. The molecule has 73 heavy (non-hydrogen) atoms. The Morgan fingerprint density at radius 1 is 0.822 bits per heavy atom. The van der Waals surface area contributed by atoms with Crippen LogP contribution in [-0.4, -0.2) is 109 Å². The summed E-state index contributed by atoms with van der Waals surface area (Å²) in [5.41, 5.74) is 2.99. The fourth-order valence-electron chi connectivity index (χ4n) is 10.4. The van der Waals surface area contributed by atoms with E-state index in [9.17, 15) is 37.1 Å². The highest BCUT2D eigenvalue weighted by Crippen LogP contribution is 2.43. The van der Waals surface area contributed by atoms with Crippen LogP contribution in [0, 0.1) is 5.92 Å². The van der Waals surface area contributed by atoms with Gasteiger partial charge in [0.2, 0.25) is 11.8 Å². The lowest BCUT2D eigenvalue weighted by Gasteiger charge is -2.33. The molecule has 0 radical (unpaired) electrons. The largest absolute Gasteiger partial charge is 0.418 e. The van der Waals surface area contributed by atoms with Gasteiger partial charge in [-0.3, -0.25) is 43.3 Å². The normalized spacial score (nSPS) is 18.4. The highest BCUT2D eigenvalue weighted by Gasteiger charge is 2.46. The van der Waals surface area contributed by atoms with Crippen molar-refractivity contribution in [2.75, 3.05) is 44.8 Å². The van der Waals surface area contributed by atoms with Crippen LogP contribution >= 0.6 is 0 Å². The molecule has 2 atom stereocenters. The number of nitrogens with zero attached hydrogens (tertiary/aromatic N) is 7. The fraction of sp³-hybridized carbons (Fsp3) is 0.415. The molecular formula is C53H56F3N9O8. The zero-order valence-corrected chi connectivity index (χ0v) is 40.3. The van der Waals surface area contributed by atoms with Gasteiger partial charge in [0.05, 0.1) is 67.0 Å². The maximum Gasteiger partial charge on any atom is 0.418 e. The zero-order chi connectivity index (χ0) is 50.8. The molecule has 3 aliphatic heterocycles. The van der Waals surface area contributed by atoms with Crippen molar-refractivity contribution in [1.82, 2.24) is 38.8 Å². The average Bonchev–Trinajstić information content (AvgIpc) is 4.02. The lowest BCUT2D eigenvalue weighted by molar-refractivity contribution is -0.137. The number of nitrogens with one attached hydrogen (secondary N) is 2. The summed E-state index contributed by atoms with van der Waals surface area (Å²) in [6, 6.07) is 20.3. The van der Waals surface area contributed by atoms with Gasteiger partial charge < -0.3 is 24.1 Å². The second-order valence-electron chi connectivity index (χ2n) is 19.2. The first-order valence-corrected chi connectivity index (χ1v) is 24.7. The third-order valence-electron chi connectivity index (χ3n) is 14.4. The van der Waals surface area contributed by atoms with Gasteiger partial charge in [0.25, 0.3) is 11.8 Å². The Balaban J connectivity index is 0.654. The van der Waals surface area contributed by atoms with Crippen LogP contribution in [-0.2, 0) is 56.8 Å². The van der Waals surface area contributed by atoms with Crippen molar-refractivity contribution >= 4 is 34.8 Å². The average molecular weight is 1000 g/mol. The number of carbonyl (C=O) groups excluding carboxylic acids is 4. The van der Waals surface area contributed by atoms with Crippen LogP contribution in [0.25, 0.3) is 11.2 Å². The third kappa shape index (κ3) is 10.6. The van der Waals surface area contributed by atoms with E-state index in [1.54, 1.807) is 30.6 Å². The highest BCUT2D eigenvalue weighted by atomic mass is 19.4. The molecule has 3 fully saturated rings. The molecule has 2 saturated heterocycles. The lowest BCUT2D eigenvalue weighted by Crippen LogP contribution is -2.54. The summed E-state index contributed by atoms with van der Waals surface area (Å²) in [7, 11) is 1.90. The number of carbonyl (C=O) groups is 4. The zero-order valence-electron chi connectivity index (χ0n) is 40.3. The molecule has 3 aromatic heterocycles. The number of aromatic nitrogens is 5. The molecular weight excluding hydrogens is 948 g/mol. The van der Waals surface area contributed by atoms with Gasteiger partial charge in [-0.25, -0.2) is 4.79 Å². The Hall–Kier alpha value is -7.00. The van der Waals surface area contributed by atoms with E-state index in [0.29, 0.717) is 88.4 Å². The van der Waals surface area contributed by atoms with Gasteiger partial charge in [0.15, 0.2) is 0 Å². The van der Waals surface area contributed by atoms with Crippen molar-refractivity contribution in [2.24, 2.45) is 13.0 Å². The molecule has 17 nitrogen and oxygen atoms in total. The second kappa shape index (κ2) is 21.2. The number of pyridine rings is 1. The number of benzene rings is 3. The number of rotatable bonds is 19. The summed E-state index contributed by atoms with van der Waals surface area (Å²) >= 11 is 0. The molecule has 6 heterocycles. The monoisotopic (exact) mass is 1000 g/mol. The Labute approximate surface area is 418 Å². The lowest BCUT2D eigenvalue weighted by atomic mass is 9.72. The van der Waals surface area contributed by atoms with Crippen LogP contribution in [0.5, 0.6) is 0 Å². The molecule has 6 aromatic rings. The van der Waals surface area contributed by atoms with Crippen LogP contribution in [0.3, 0.4) is 0 Å². The van der Waals surface area contributed by atoms with Gasteiger partial charge in [0, 0.05) is 63.6 Å². The number of halogens is 3. The molecule has 1 unspecified atom stereocenters. The topological polar surface area (TPSA) is 184 Å². The number of anilines is 1. The second-order valence-corrected chi connectivity index (χ2v) is 19.2. The molecule has 4 aliphatic rings. The van der Waals surface area contributed by atoms with Crippen molar-refractivity contribution in [1.29, 1.82) is 0 Å². The first-order valence-electron chi connectivity index (χ1n) is 24.7. The van der Waals surface area contributed by atoms with Crippen molar-refractivity contribution in [3.8, 4) is 5.69 Å². The number of imidazole rings is 1. The SMILES string of the molecule is Cn1cnnc1[C@H](c1cccc(-n2cc3c(C(F)(F)F)cc(CN4CCC(OCCOCc5ccc(COCCNc6cccc7c6C(=O)N(C6CCC(=O)NC6=O)C7=O)cc5)CC4)cn3c2=O)c1)C1CCC1. The molecule has 20 heteroatoms. The number of hydrogen-bond donors (Lipinski definition) is 2. The van der Waals surface area contributed by atoms with Crippen LogP contribution in [0.15, 0.2) is 96.3 Å². The number of amides is 4. The van der Waals surface area contributed by atoms with Gasteiger partial charge in [-0.05, 0) is 90.6 Å². The molecule has 2 N–H and O–H groups in total. The minimum absolute atomic E-state index is 0.0111. The first kappa shape index (κ1) is 49.6. The minimum Gasteiger partial charge on any atom is -0.382 e. The smallest absolute Gasteiger partial charge is 0.382 e. The predicted octanol–water partition coefficient (Wildman–Crippen LogP) is 6.40. The van der Waals surface area contributed by atoms with Crippen LogP contribution in [0.4, 0.5) is 18.9 Å². The number of alkyl halides is 3. The molecule has 10 rings (SSSR count). The Morgan fingerprint density at radius 2 is 1.56 bits per heavy atom. The Kier molecular flexibility index (Phi) is 14.4. The summed E-state index contributed by atoms with van der Waals surface area (Å²) in [5, 5.41) is 13.9. The van der Waals surface area contributed by atoms with Crippen molar-refractivity contribution in [3.05, 3.63) is 147 Å². The van der Waals surface area contributed by atoms with E-state index in [-0.39, 0.29) is 48.1 Å². The van der Waals surface area contributed by atoms with Crippen molar-refractivity contribution in [2.45, 2.75) is 88.9 Å². The number of likely N-dealkylation sites (tertiary alicyclic amines) is 1. The number of ether oxygens (including phenoxy) is 3. The molecule has 1 saturated carbocycles. The van der Waals surface area contributed by atoms with E-state index >= 15 is 0 Å². The standard InChI is InChI=1S/C53H56F3N9O8/c1-61-32-58-60-48(61)46(36-5-2-6-36)37-7-3-8-38(26-37)63-29-44-41(53(54,55)56)25-35(28-64(44)52(63)70)27-62-20-17-39(18-21-62)73-24-23-72-31-34-13-11-33(12-14-34)30-71-22-19-57-42-10-4-9-40-47(42)51(69)65(50(40)68)43-15-16-45(66)59-49(43)67/h3-4,7-14,25-26,28-29,32,36,39,43,46,57H,2,5-6,15-24,27,30-31H2,1H3,(H,59,66,67)/t43?,46-/m0/s1. The molecule has 0 spiro atoms. The van der Waals surface area contributed by atoms with Gasteiger partial charge >= 0.3 is 11.9 Å². The summed E-state index contributed by atoms with van der Waals surface area (Å²) < 4.78 is 66.1. The number of aryl methyl sites for hydroxylation is 1. The maximum absolute atomic E-state index is 14.6. The van der Waals surface area contributed by atoms with E-state index in [1.807, 2.05) is 54.1 Å². The predicted molar refractivity (Wildman–Crippen MR) is 260 cm³/mol. The summed E-state index contributed by atoms with van der Waals surface area (Å²) in [5.74, 6) is -1.11. The Morgan fingerprint density at radius 3 is 2.25 bits per heavy atom. The molecule has 4 amide bonds. The van der Waals surface area contributed by atoms with Gasteiger partial charge in [-0.2, -0.15) is 13.2 Å². The van der Waals surface area contributed by atoms with Crippen LogP contribution in [0.2, 0.25) is 0 Å². The van der Waals surface area contributed by atoms with E-state index in [4.69, 9.17) is 14.2 Å².